The van der Waals surface area contributed by atoms with Crippen molar-refractivity contribution in [2.45, 2.75) is 71.0 Å². The predicted octanol–water partition coefficient (Wildman–Crippen LogP) is 3.85. The van der Waals surface area contributed by atoms with Crippen molar-refractivity contribution in [1.82, 2.24) is 0 Å². The molecular weight excluding hydrogens is 384 g/mol. The van der Waals surface area contributed by atoms with Gasteiger partial charge in [0.05, 0.1) is 17.8 Å². The molecule has 6 nitrogen and oxygen atoms in total. The Kier molecular flexibility index (Phi) is 6.12. The van der Waals surface area contributed by atoms with E-state index >= 15 is 0 Å². The van der Waals surface area contributed by atoms with Gasteiger partial charge in [-0.3, -0.25) is 4.79 Å². The maximum atomic E-state index is 12.4. The van der Waals surface area contributed by atoms with Crippen molar-refractivity contribution in [3.63, 3.8) is 0 Å². The molecule has 30 heavy (non-hydrogen) atoms. The lowest BCUT2D eigenvalue weighted by molar-refractivity contribution is -0.151. The van der Waals surface area contributed by atoms with Gasteiger partial charge in [-0.05, 0) is 57.2 Å². The van der Waals surface area contributed by atoms with Crippen LogP contribution in [0.15, 0.2) is 39.5 Å². The van der Waals surface area contributed by atoms with E-state index in [4.69, 9.17) is 9.15 Å². The van der Waals surface area contributed by atoms with Gasteiger partial charge in [-0.1, -0.05) is 13.8 Å². The molecular formula is C24H32O6. The number of Topliss-reactive ketones (excluding diaryl/α,β-unsaturated/α-hetero) is 1. The second-order valence-corrected chi connectivity index (χ2v) is 9.64. The Morgan fingerprint density at radius 2 is 1.87 bits per heavy atom. The summed E-state index contributed by atoms with van der Waals surface area (Å²) in [6.45, 7) is 7.62. The summed E-state index contributed by atoms with van der Waals surface area (Å²) in [7, 11) is 0. The summed E-state index contributed by atoms with van der Waals surface area (Å²) in [5.74, 6) is 0.529. The lowest BCUT2D eigenvalue weighted by Gasteiger charge is -2.47. The van der Waals surface area contributed by atoms with Gasteiger partial charge in [0.15, 0.2) is 0 Å². The molecule has 0 spiro atoms. The first-order chi connectivity index (χ1) is 13.9. The number of rotatable bonds is 7. The minimum atomic E-state index is -0.990. The first-order valence-electron chi connectivity index (χ1n) is 10.6. The summed E-state index contributed by atoms with van der Waals surface area (Å²) >= 11 is 0. The molecule has 1 aliphatic rings. The molecule has 6 heteroatoms. The standard InChI is InChI=1S/C24H32O6/c1-22(2)19(24(4,28)12-10-20(22)25)9-11-23(3,27)13-14-29-17-7-5-16-6-8-21(26)30-18(16)15-17/h5-8,15,19,27-28H,9-14H2,1-4H3/t19-,23-,24-/m1/s1. The maximum absolute atomic E-state index is 12.4. The molecule has 1 aromatic carbocycles. The second kappa shape index (κ2) is 8.16. The average molecular weight is 417 g/mol. The van der Waals surface area contributed by atoms with Gasteiger partial charge in [0.1, 0.15) is 17.1 Å². The minimum Gasteiger partial charge on any atom is -0.493 e. The van der Waals surface area contributed by atoms with Gasteiger partial charge < -0.3 is 19.4 Å². The largest absolute Gasteiger partial charge is 0.493 e. The molecule has 3 rings (SSSR count). The highest BCUT2D eigenvalue weighted by Crippen LogP contribution is 2.47. The third kappa shape index (κ3) is 4.93. The summed E-state index contributed by atoms with van der Waals surface area (Å²) in [6, 6.07) is 8.35. The quantitative estimate of drug-likeness (QED) is 0.666. The Balaban J connectivity index is 1.57. The lowest BCUT2D eigenvalue weighted by Crippen LogP contribution is -2.52. The number of benzene rings is 1. The van der Waals surface area contributed by atoms with Gasteiger partial charge in [0.2, 0.25) is 0 Å². The van der Waals surface area contributed by atoms with E-state index in [2.05, 4.69) is 0 Å². The van der Waals surface area contributed by atoms with Gasteiger partial charge in [0, 0.05) is 35.8 Å². The van der Waals surface area contributed by atoms with Gasteiger partial charge in [0.25, 0.3) is 0 Å². The van der Waals surface area contributed by atoms with Crippen molar-refractivity contribution in [2.24, 2.45) is 11.3 Å². The third-order valence-electron chi connectivity index (χ3n) is 6.67. The molecule has 0 unspecified atom stereocenters. The highest BCUT2D eigenvalue weighted by atomic mass is 16.5. The van der Waals surface area contributed by atoms with Crippen molar-refractivity contribution < 1.29 is 24.2 Å². The predicted molar refractivity (Wildman–Crippen MR) is 115 cm³/mol. The summed E-state index contributed by atoms with van der Waals surface area (Å²) in [5.41, 5.74) is -2.47. The summed E-state index contributed by atoms with van der Waals surface area (Å²) in [5, 5.41) is 22.5. The highest BCUT2D eigenvalue weighted by molar-refractivity contribution is 5.85. The molecule has 2 aromatic rings. The SMILES string of the molecule is CC1(C)C(=O)CC[C@@](C)(O)[C@@H]1CC[C@@](C)(O)CCOc1ccc2ccc(=O)oc2c1. The normalized spacial score (nSPS) is 25.8. The van der Waals surface area contributed by atoms with E-state index in [9.17, 15) is 19.8 Å². The molecule has 1 aliphatic carbocycles. The van der Waals surface area contributed by atoms with Crippen molar-refractivity contribution in [3.05, 3.63) is 40.8 Å². The van der Waals surface area contributed by atoms with Gasteiger partial charge in [-0.25, -0.2) is 4.79 Å². The molecule has 164 valence electrons. The Bertz CT molecular complexity index is 969. The number of fused-ring (bicyclic) bond motifs is 1. The van der Waals surface area contributed by atoms with Crippen molar-refractivity contribution in [2.75, 3.05) is 6.61 Å². The van der Waals surface area contributed by atoms with Crippen LogP contribution >= 0.6 is 0 Å². The Morgan fingerprint density at radius 3 is 2.60 bits per heavy atom. The molecule has 1 heterocycles. The molecule has 1 aromatic heterocycles. The number of ether oxygens (including phenoxy) is 1. The molecule has 0 bridgehead atoms. The van der Waals surface area contributed by atoms with Gasteiger partial charge in [-0.2, -0.15) is 0 Å². The van der Waals surface area contributed by atoms with Crippen molar-refractivity contribution in [3.8, 4) is 5.75 Å². The fourth-order valence-corrected chi connectivity index (χ4v) is 4.61. The zero-order chi connectivity index (χ0) is 22.2. The van der Waals surface area contributed by atoms with Crippen LogP contribution in [0, 0.1) is 11.3 Å². The summed E-state index contributed by atoms with van der Waals surface area (Å²) < 4.78 is 10.9. The van der Waals surface area contributed by atoms with Crippen molar-refractivity contribution >= 4 is 16.8 Å². The van der Waals surface area contributed by atoms with Gasteiger partial charge in [-0.15, -0.1) is 0 Å². The van der Waals surface area contributed by atoms with Crippen LogP contribution in [0.3, 0.4) is 0 Å². The topological polar surface area (TPSA) is 97.0 Å². The van der Waals surface area contributed by atoms with E-state index < -0.39 is 22.2 Å². The van der Waals surface area contributed by atoms with E-state index in [0.29, 0.717) is 50.0 Å². The fourth-order valence-electron chi connectivity index (χ4n) is 4.61. The van der Waals surface area contributed by atoms with E-state index in [1.165, 1.54) is 6.07 Å². The third-order valence-corrected chi connectivity index (χ3v) is 6.67. The van der Waals surface area contributed by atoms with Gasteiger partial charge >= 0.3 is 5.63 Å². The Morgan fingerprint density at radius 1 is 1.17 bits per heavy atom. The molecule has 1 fully saturated rings. The average Bonchev–Trinajstić information content (AvgIpc) is 2.64. The van der Waals surface area contributed by atoms with E-state index in [0.717, 1.165) is 5.39 Å². The highest BCUT2D eigenvalue weighted by Gasteiger charge is 2.50. The van der Waals surface area contributed by atoms with Crippen LogP contribution in [0.25, 0.3) is 11.0 Å². The fraction of sp³-hybridized carbons (Fsp3) is 0.583. The van der Waals surface area contributed by atoms with E-state index in [-0.39, 0.29) is 11.7 Å². The number of hydrogen-bond donors (Lipinski definition) is 2. The molecule has 0 aliphatic heterocycles. The van der Waals surface area contributed by atoms with Crippen LogP contribution in [0.2, 0.25) is 0 Å². The van der Waals surface area contributed by atoms with Crippen LogP contribution < -0.4 is 10.4 Å². The summed E-state index contributed by atoms with van der Waals surface area (Å²) in [4.78, 5) is 23.7. The second-order valence-electron chi connectivity index (χ2n) is 9.64. The van der Waals surface area contributed by atoms with Crippen LogP contribution in [0.4, 0.5) is 0 Å². The van der Waals surface area contributed by atoms with Crippen LogP contribution in [-0.4, -0.2) is 33.8 Å². The van der Waals surface area contributed by atoms with E-state index in [1.54, 1.807) is 32.0 Å². The molecule has 3 atom stereocenters. The number of carbonyl (C=O) groups excluding carboxylic acids is 1. The lowest BCUT2D eigenvalue weighted by atomic mass is 9.59. The molecule has 1 saturated carbocycles. The molecule has 0 amide bonds. The zero-order valence-corrected chi connectivity index (χ0v) is 18.2. The number of ketones is 1. The number of hydrogen-bond acceptors (Lipinski definition) is 6. The molecule has 0 saturated heterocycles. The summed E-state index contributed by atoms with van der Waals surface area (Å²) in [6.07, 6.45) is 2.27. The van der Waals surface area contributed by atoms with Crippen LogP contribution in [0.1, 0.15) is 59.8 Å². The van der Waals surface area contributed by atoms with E-state index in [1.807, 2.05) is 19.9 Å². The monoisotopic (exact) mass is 416 g/mol. The zero-order valence-electron chi connectivity index (χ0n) is 18.2. The first kappa shape index (κ1) is 22.5. The minimum absolute atomic E-state index is 0.171. The number of carbonyl (C=O) groups is 1. The Hall–Kier alpha value is -2.18. The van der Waals surface area contributed by atoms with Crippen LogP contribution in [0.5, 0.6) is 5.75 Å². The van der Waals surface area contributed by atoms with Crippen LogP contribution in [-0.2, 0) is 4.79 Å². The first-order valence-corrected chi connectivity index (χ1v) is 10.6. The molecule has 2 N–H and O–H groups in total. The van der Waals surface area contributed by atoms with Crippen molar-refractivity contribution in [1.29, 1.82) is 0 Å². The Labute approximate surface area is 176 Å². The molecule has 0 radical (unpaired) electrons. The smallest absolute Gasteiger partial charge is 0.336 e. The number of aliphatic hydroxyl groups is 2. The maximum Gasteiger partial charge on any atom is 0.336 e.